The second kappa shape index (κ2) is 19.4. The molecule has 2 amide bonds. The zero-order valence-electron chi connectivity index (χ0n) is 22.6. The van der Waals surface area contributed by atoms with Crippen LogP contribution in [0.15, 0.2) is 24.3 Å². The number of benzene rings is 1. The maximum atomic E-state index is 12.4. The first-order valence-corrected chi connectivity index (χ1v) is 14.9. The Hall–Kier alpha value is -1.84. The molecule has 1 fully saturated rings. The van der Waals surface area contributed by atoms with Crippen molar-refractivity contribution in [2.45, 2.75) is 142 Å². The Morgan fingerprint density at radius 1 is 0.629 bits per heavy atom. The van der Waals surface area contributed by atoms with Crippen LogP contribution in [0.3, 0.4) is 0 Å². The Kier molecular flexibility index (Phi) is 16.3. The minimum atomic E-state index is 0.0821. The molecule has 1 aliphatic carbocycles. The van der Waals surface area contributed by atoms with Crippen LogP contribution in [-0.2, 0) is 9.59 Å². The Bertz CT molecular complexity index is 680. The van der Waals surface area contributed by atoms with E-state index in [4.69, 9.17) is 0 Å². The molecule has 2 N–H and O–H groups in total. The summed E-state index contributed by atoms with van der Waals surface area (Å²) in [5, 5.41) is 6.01. The first-order valence-electron chi connectivity index (χ1n) is 14.9. The number of hydrogen-bond donors (Lipinski definition) is 2. The Morgan fingerprint density at radius 3 is 1.54 bits per heavy atom. The number of carbonyl (C=O) groups is 2. The van der Waals surface area contributed by atoms with E-state index in [9.17, 15) is 9.59 Å². The number of amides is 2. The highest BCUT2D eigenvalue weighted by atomic mass is 16.2. The third-order valence-corrected chi connectivity index (χ3v) is 7.42. The van der Waals surface area contributed by atoms with Crippen molar-refractivity contribution < 1.29 is 9.59 Å². The SMILES string of the molecule is CCCCCCCCCCCCCCCCCC(=O)Nc1ccc(NC(=O)C2CCCCC2)cc1. The van der Waals surface area contributed by atoms with Gasteiger partial charge in [0.15, 0.2) is 0 Å². The molecular formula is C31H52N2O2. The van der Waals surface area contributed by atoms with E-state index in [1.807, 2.05) is 24.3 Å². The van der Waals surface area contributed by atoms with Gasteiger partial charge in [-0.2, -0.15) is 0 Å². The monoisotopic (exact) mass is 484 g/mol. The van der Waals surface area contributed by atoms with E-state index in [1.54, 1.807) is 0 Å². The minimum absolute atomic E-state index is 0.0821. The lowest BCUT2D eigenvalue weighted by Crippen LogP contribution is -2.24. The van der Waals surface area contributed by atoms with Crippen LogP contribution in [0.4, 0.5) is 11.4 Å². The van der Waals surface area contributed by atoms with Gasteiger partial charge in [0.2, 0.25) is 11.8 Å². The molecule has 0 aliphatic heterocycles. The lowest BCUT2D eigenvalue weighted by molar-refractivity contribution is -0.120. The number of anilines is 2. The fraction of sp³-hybridized carbons (Fsp3) is 0.742. The fourth-order valence-corrected chi connectivity index (χ4v) is 5.13. The van der Waals surface area contributed by atoms with Crippen LogP contribution in [-0.4, -0.2) is 11.8 Å². The van der Waals surface area contributed by atoms with E-state index in [2.05, 4.69) is 17.6 Å². The molecule has 1 aromatic rings. The van der Waals surface area contributed by atoms with Crippen LogP contribution in [0.2, 0.25) is 0 Å². The highest BCUT2D eigenvalue weighted by molar-refractivity contribution is 5.94. The molecule has 0 spiro atoms. The number of rotatable bonds is 19. The summed E-state index contributed by atoms with van der Waals surface area (Å²) in [4.78, 5) is 24.6. The summed E-state index contributed by atoms with van der Waals surface area (Å²) < 4.78 is 0. The van der Waals surface area contributed by atoms with E-state index >= 15 is 0 Å². The predicted molar refractivity (Wildman–Crippen MR) is 150 cm³/mol. The van der Waals surface area contributed by atoms with Gasteiger partial charge < -0.3 is 10.6 Å². The van der Waals surface area contributed by atoms with Crippen molar-refractivity contribution in [2.24, 2.45) is 5.92 Å². The van der Waals surface area contributed by atoms with Crippen LogP contribution in [0.1, 0.15) is 142 Å². The van der Waals surface area contributed by atoms with E-state index < -0.39 is 0 Å². The molecule has 1 aliphatic rings. The van der Waals surface area contributed by atoms with Crippen molar-refractivity contribution in [3.05, 3.63) is 24.3 Å². The van der Waals surface area contributed by atoms with Gasteiger partial charge in [-0.1, -0.05) is 116 Å². The Morgan fingerprint density at radius 2 is 1.06 bits per heavy atom. The van der Waals surface area contributed by atoms with Gasteiger partial charge in [0.05, 0.1) is 0 Å². The third kappa shape index (κ3) is 14.3. The summed E-state index contributed by atoms with van der Waals surface area (Å²) in [6.45, 7) is 2.28. The highest BCUT2D eigenvalue weighted by Crippen LogP contribution is 2.25. The molecule has 0 bridgehead atoms. The lowest BCUT2D eigenvalue weighted by Gasteiger charge is -2.20. The number of hydrogen-bond acceptors (Lipinski definition) is 2. The molecule has 1 aromatic carbocycles. The van der Waals surface area contributed by atoms with Gasteiger partial charge in [0.1, 0.15) is 0 Å². The molecule has 0 heterocycles. The first kappa shape index (κ1) is 29.4. The first-order chi connectivity index (χ1) is 17.2. The summed E-state index contributed by atoms with van der Waals surface area (Å²) >= 11 is 0. The average molecular weight is 485 g/mol. The van der Waals surface area contributed by atoms with Crippen LogP contribution in [0.25, 0.3) is 0 Å². The maximum absolute atomic E-state index is 12.4. The van der Waals surface area contributed by atoms with Crippen molar-refractivity contribution in [1.29, 1.82) is 0 Å². The largest absolute Gasteiger partial charge is 0.326 e. The molecule has 0 radical (unpaired) electrons. The van der Waals surface area contributed by atoms with Crippen molar-refractivity contribution >= 4 is 23.2 Å². The van der Waals surface area contributed by atoms with Crippen molar-refractivity contribution in [1.82, 2.24) is 0 Å². The van der Waals surface area contributed by atoms with Gasteiger partial charge in [0.25, 0.3) is 0 Å². The summed E-state index contributed by atoms with van der Waals surface area (Å²) in [6, 6.07) is 7.51. The molecular weight excluding hydrogens is 432 g/mol. The molecule has 0 aromatic heterocycles. The zero-order chi connectivity index (χ0) is 25.0. The normalized spacial score (nSPS) is 14.1. The molecule has 4 nitrogen and oxygen atoms in total. The van der Waals surface area contributed by atoms with Gasteiger partial charge in [-0.05, 0) is 43.5 Å². The van der Waals surface area contributed by atoms with Gasteiger partial charge in [-0.15, -0.1) is 0 Å². The summed E-state index contributed by atoms with van der Waals surface area (Å²) in [5.41, 5.74) is 1.60. The number of unbranched alkanes of at least 4 members (excludes halogenated alkanes) is 14. The Labute approximate surface area is 215 Å². The highest BCUT2D eigenvalue weighted by Gasteiger charge is 2.20. The molecule has 1 saturated carbocycles. The Balaban J connectivity index is 1.42. The third-order valence-electron chi connectivity index (χ3n) is 7.42. The minimum Gasteiger partial charge on any atom is -0.326 e. The molecule has 2 rings (SSSR count). The van der Waals surface area contributed by atoms with E-state index in [1.165, 1.54) is 89.9 Å². The summed E-state index contributed by atoms with van der Waals surface area (Å²) in [5.74, 6) is 0.367. The van der Waals surface area contributed by atoms with Crippen LogP contribution in [0.5, 0.6) is 0 Å². The van der Waals surface area contributed by atoms with Gasteiger partial charge in [-0.25, -0.2) is 0 Å². The van der Waals surface area contributed by atoms with Gasteiger partial charge in [0, 0.05) is 23.7 Å². The molecule has 0 unspecified atom stereocenters. The fourth-order valence-electron chi connectivity index (χ4n) is 5.13. The van der Waals surface area contributed by atoms with Gasteiger partial charge >= 0.3 is 0 Å². The predicted octanol–water partition coefficient (Wildman–Crippen LogP) is 9.41. The zero-order valence-corrected chi connectivity index (χ0v) is 22.6. The smallest absolute Gasteiger partial charge is 0.227 e. The van der Waals surface area contributed by atoms with Crippen LogP contribution < -0.4 is 10.6 Å². The lowest BCUT2D eigenvalue weighted by atomic mass is 9.88. The van der Waals surface area contributed by atoms with Crippen molar-refractivity contribution in [3.8, 4) is 0 Å². The summed E-state index contributed by atoms with van der Waals surface area (Å²) in [7, 11) is 0. The average Bonchev–Trinajstić information content (AvgIpc) is 2.88. The van der Waals surface area contributed by atoms with Gasteiger partial charge in [-0.3, -0.25) is 9.59 Å². The maximum Gasteiger partial charge on any atom is 0.227 e. The van der Waals surface area contributed by atoms with Crippen LogP contribution >= 0.6 is 0 Å². The molecule has 0 saturated heterocycles. The van der Waals surface area contributed by atoms with E-state index in [0.29, 0.717) is 6.42 Å². The number of carbonyl (C=O) groups excluding carboxylic acids is 2. The van der Waals surface area contributed by atoms with E-state index in [-0.39, 0.29) is 17.7 Å². The molecule has 35 heavy (non-hydrogen) atoms. The topological polar surface area (TPSA) is 58.2 Å². The van der Waals surface area contributed by atoms with E-state index in [0.717, 1.165) is 49.9 Å². The second-order valence-electron chi connectivity index (χ2n) is 10.6. The summed E-state index contributed by atoms with van der Waals surface area (Å²) in [6.07, 6.45) is 26.1. The second-order valence-corrected chi connectivity index (χ2v) is 10.6. The molecule has 0 atom stereocenters. The standard InChI is InChI=1S/C31H52N2O2/c1-2-3-4-5-6-7-8-9-10-11-12-13-14-15-19-22-30(34)32-28-23-25-29(26-24-28)33-31(35)27-20-17-16-18-21-27/h23-27H,2-22H2,1H3,(H,32,34)(H,33,35). The molecule has 198 valence electrons. The van der Waals surface area contributed by atoms with Crippen molar-refractivity contribution in [2.75, 3.05) is 10.6 Å². The van der Waals surface area contributed by atoms with Crippen LogP contribution in [0, 0.1) is 5.92 Å². The molecule has 4 heteroatoms. The quantitative estimate of drug-likeness (QED) is 0.192. The van der Waals surface area contributed by atoms with Crippen molar-refractivity contribution in [3.63, 3.8) is 0 Å². The number of nitrogens with one attached hydrogen (secondary N) is 2.